The van der Waals surface area contributed by atoms with E-state index in [9.17, 15) is 27.4 Å². The molecule has 0 aliphatic heterocycles. The van der Waals surface area contributed by atoms with Gasteiger partial charge in [-0.3, -0.25) is 13.7 Å². The van der Waals surface area contributed by atoms with Gasteiger partial charge >= 0.3 is 46.3 Å². The first-order chi connectivity index (χ1) is 14.0. The first-order valence-corrected chi connectivity index (χ1v) is 17.8. The molecule has 0 amide bonds. The van der Waals surface area contributed by atoms with Gasteiger partial charge in [-0.05, 0) is 0 Å². The van der Waals surface area contributed by atoms with Crippen LogP contribution >= 0.6 is 46.3 Å². The molecule has 9 N–H and O–H groups in total. The monoisotopic (exact) mass is 660 g/mol. The quantitative estimate of drug-likeness (QED) is 0.158. The number of rotatable bonds is 9. The molecule has 0 radical (unpaired) electrons. The minimum absolute atomic E-state index is 0. The van der Waals surface area contributed by atoms with Crippen LogP contribution in [-0.2, 0) is 40.3 Å². The average Bonchev–Trinajstić information content (AvgIpc) is 2.40. The lowest BCUT2D eigenvalue weighted by Gasteiger charge is -2.18. The van der Waals surface area contributed by atoms with Gasteiger partial charge in [0, 0.05) is 0 Å². The highest BCUT2D eigenvalue weighted by Crippen LogP contribution is 2.67. The van der Waals surface area contributed by atoms with E-state index in [1.165, 1.54) is 41.5 Å². The molecule has 228 valence electrons. The van der Waals surface area contributed by atoms with E-state index in [-0.39, 0.29) is 22.3 Å². The molecule has 0 aliphatic rings. The van der Waals surface area contributed by atoms with Crippen LogP contribution in [0.15, 0.2) is 0 Å². The van der Waals surface area contributed by atoms with Crippen LogP contribution in [-0.4, -0.2) is 61.0 Å². The van der Waals surface area contributed by atoms with Gasteiger partial charge < -0.3 is 44.0 Å². The van der Waals surface area contributed by atoms with Gasteiger partial charge in [-0.15, -0.1) is 0 Å². The summed E-state index contributed by atoms with van der Waals surface area (Å²) in [7, 11) is -27.7. The maximum Gasteiger partial charge on any atom is 0.488 e. The molecular formula is C12H42O18P6. The zero-order valence-electron chi connectivity index (χ0n) is 18.1. The molecule has 0 aromatic rings. The van der Waals surface area contributed by atoms with E-state index in [2.05, 4.69) is 12.9 Å². The molecule has 0 heterocycles. The predicted octanol–water partition coefficient (Wildman–Crippen LogP) is 3.98. The van der Waals surface area contributed by atoms with Crippen LogP contribution in [0.25, 0.3) is 0 Å². The van der Waals surface area contributed by atoms with Gasteiger partial charge in [0.05, 0.1) is 17.0 Å². The largest absolute Gasteiger partial charge is 0.488 e. The topological polar surface area (TPSA) is 312 Å². The molecule has 0 saturated carbocycles. The predicted molar refractivity (Wildman–Crippen MR) is 134 cm³/mol. The highest BCUT2D eigenvalue weighted by Gasteiger charge is 2.40. The maximum atomic E-state index is 11.1. The molecule has 0 aromatic carbocycles. The minimum atomic E-state index is -5.27. The van der Waals surface area contributed by atoms with Gasteiger partial charge in [0.2, 0.25) is 0 Å². The van der Waals surface area contributed by atoms with Crippen molar-refractivity contribution in [2.75, 3.05) is 0 Å². The Kier molecular flexibility index (Phi) is 25.3. The van der Waals surface area contributed by atoms with Crippen LogP contribution in [0.2, 0.25) is 0 Å². The zero-order valence-corrected chi connectivity index (χ0v) is 23.5. The van der Waals surface area contributed by atoms with Crippen LogP contribution in [0.3, 0.4) is 0 Å². The van der Waals surface area contributed by atoms with Crippen molar-refractivity contribution in [3.05, 3.63) is 0 Å². The molecule has 0 spiro atoms. The smallest absolute Gasteiger partial charge is 0.324 e. The highest BCUT2D eigenvalue weighted by molar-refractivity contribution is 7.68. The third-order valence-corrected chi connectivity index (χ3v) is 11.8. The zero-order chi connectivity index (χ0) is 27.9. The SMILES string of the molecule is C.C.C.CC(C)P(=O)(O)O.CC(C)P(=O)(O)OP(=O)(O)O.CC(C)P(=O)(O)OP(=O)(O)OP(=O)(O)O. The fourth-order valence-corrected chi connectivity index (χ4v) is 6.01. The van der Waals surface area contributed by atoms with Crippen molar-refractivity contribution >= 4 is 46.3 Å². The molecule has 0 bridgehead atoms. The number of hydrogen-bond donors (Lipinski definition) is 9. The van der Waals surface area contributed by atoms with Crippen LogP contribution < -0.4 is 0 Å². The van der Waals surface area contributed by atoms with Gasteiger partial charge in [0.15, 0.2) is 0 Å². The summed E-state index contributed by atoms with van der Waals surface area (Å²) in [4.78, 5) is 75.6. The Balaban J connectivity index is -0.0000000955. The summed E-state index contributed by atoms with van der Waals surface area (Å²) in [6, 6.07) is 0. The normalized spacial score (nSPS) is 16.8. The summed E-state index contributed by atoms with van der Waals surface area (Å²) in [6.07, 6.45) is 0. The molecule has 0 saturated heterocycles. The van der Waals surface area contributed by atoms with Crippen LogP contribution in [0, 0.1) is 0 Å². The van der Waals surface area contributed by atoms with Gasteiger partial charge in [-0.1, -0.05) is 63.8 Å². The molecule has 0 fully saturated rings. The molecule has 0 rings (SSSR count). The second kappa shape index (κ2) is 18.3. The Morgan fingerprint density at radius 2 is 0.667 bits per heavy atom. The molecular weight excluding hydrogens is 618 g/mol. The summed E-state index contributed by atoms with van der Waals surface area (Å²) in [5, 5.41) is 0. The third-order valence-electron chi connectivity index (χ3n) is 2.63. The van der Waals surface area contributed by atoms with Crippen molar-refractivity contribution in [2.45, 2.75) is 80.8 Å². The van der Waals surface area contributed by atoms with E-state index in [1.54, 1.807) is 0 Å². The first-order valence-electron chi connectivity index (χ1n) is 8.23. The second-order valence-corrected chi connectivity index (χ2v) is 18.1. The molecule has 18 nitrogen and oxygen atoms in total. The van der Waals surface area contributed by atoms with Crippen molar-refractivity contribution < 1.29 is 84.4 Å². The Morgan fingerprint density at radius 3 is 0.806 bits per heavy atom. The highest BCUT2D eigenvalue weighted by atomic mass is 31.3. The lowest BCUT2D eigenvalue weighted by atomic mass is 10.6. The van der Waals surface area contributed by atoms with Crippen molar-refractivity contribution in [3.8, 4) is 0 Å². The van der Waals surface area contributed by atoms with E-state index in [1.807, 2.05) is 0 Å². The number of hydrogen-bond acceptors (Lipinski definition) is 9. The Hall–Kier alpha value is 0.900. The molecule has 0 aromatic heterocycles. The molecule has 24 heteroatoms. The summed E-state index contributed by atoms with van der Waals surface area (Å²) in [5.74, 6) is 0. The number of phosphoric acid groups is 3. The fourth-order valence-electron chi connectivity index (χ4n) is 0.638. The minimum Gasteiger partial charge on any atom is -0.324 e. The Morgan fingerprint density at radius 1 is 0.444 bits per heavy atom. The third kappa shape index (κ3) is 29.5. The van der Waals surface area contributed by atoms with Crippen LogP contribution in [0.5, 0.6) is 0 Å². The van der Waals surface area contributed by atoms with Crippen molar-refractivity contribution in [2.24, 2.45) is 0 Å². The van der Waals surface area contributed by atoms with Gasteiger partial charge in [-0.25, -0.2) is 22.3 Å². The van der Waals surface area contributed by atoms with Gasteiger partial charge in [0.1, 0.15) is 0 Å². The molecule has 36 heavy (non-hydrogen) atoms. The summed E-state index contributed by atoms with van der Waals surface area (Å²) in [5.41, 5.74) is -2.37. The fraction of sp³-hybridized carbons (Fsp3) is 1.00. The van der Waals surface area contributed by atoms with E-state index in [0.29, 0.717) is 0 Å². The van der Waals surface area contributed by atoms with Gasteiger partial charge in [-0.2, -0.15) is 4.31 Å². The van der Waals surface area contributed by atoms with Crippen LogP contribution in [0.1, 0.15) is 63.8 Å². The lowest BCUT2D eigenvalue weighted by Crippen LogP contribution is -2.01. The van der Waals surface area contributed by atoms with E-state index < -0.39 is 63.2 Å². The summed E-state index contributed by atoms with van der Waals surface area (Å²) in [6.45, 7) is 8.07. The van der Waals surface area contributed by atoms with E-state index >= 15 is 0 Å². The maximum absolute atomic E-state index is 11.1. The van der Waals surface area contributed by atoms with Crippen molar-refractivity contribution in [1.29, 1.82) is 0 Å². The van der Waals surface area contributed by atoms with Crippen LogP contribution in [0.4, 0.5) is 0 Å². The van der Waals surface area contributed by atoms with Crippen molar-refractivity contribution in [1.82, 2.24) is 0 Å². The Labute approximate surface area is 211 Å². The average molecular weight is 660 g/mol. The molecule has 0 aliphatic carbocycles. The van der Waals surface area contributed by atoms with E-state index in [4.69, 9.17) is 44.0 Å². The standard InChI is InChI=1S/C3H11O9P3.C3H10O6P2.C3H9O3P.3CH4/c1-3(2)13(4,5)11-15(9,10)12-14(6,7)8;1-3(2)10(4,5)9-11(6,7)8;1-3(2)7(4,5)6;;;/h3H,1-2H3,(H,4,5)(H,9,10)(H2,6,7,8);3H,1-2H3,(H,4,5)(H2,6,7,8);3H,1-2H3,(H2,4,5,6);3*1H4. The Bertz CT molecular complexity index is 881. The van der Waals surface area contributed by atoms with E-state index in [0.717, 1.165) is 0 Å². The summed E-state index contributed by atoms with van der Waals surface area (Å²) < 4.78 is 73.8. The van der Waals surface area contributed by atoms with Crippen molar-refractivity contribution in [3.63, 3.8) is 0 Å². The first kappa shape index (κ1) is 49.8. The summed E-state index contributed by atoms with van der Waals surface area (Å²) >= 11 is 0. The second-order valence-electron chi connectivity index (χ2n) is 6.69. The molecule has 3 unspecified atom stereocenters. The van der Waals surface area contributed by atoms with Gasteiger partial charge in [0.25, 0.3) is 0 Å². The lowest BCUT2D eigenvalue weighted by molar-refractivity contribution is 0.221. The molecule has 3 atom stereocenters.